The van der Waals surface area contributed by atoms with Gasteiger partial charge >= 0.3 is 0 Å². The molecule has 26 heavy (non-hydrogen) atoms. The highest BCUT2D eigenvalue weighted by Gasteiger charge is 2.53. The molecule has 4 aliphatic rings. The quantitative estimate of drug-likeness (QED) is 0.761. The minimum absolute atomic E-state index is 0.0247. The average molecular weight is 419 g/mol. The van der Waals surface area contributed by atoms with Gasteiger partial charge in [-0.05, 0) is 96.7 Å². The standard InChI is InChI=1S/C21H27BrN2O2/c1-13(21-9-14-6-15(10-21)8-16(7-14)11-21)24-19(25)12-23-20(26)17-4-2-3-5-18(17)22/h2-5,13-16H,6-12H2,1H3,(H,23,26)(H,24,25)/t13-,14?,15?,16?,21?/m1/s1. The maximum absolute atomic E-state index is 12.4. The van der Waals surface area contributed by atoms with Crippen LogP contribution in [0.25, 0.3) is 0 Å². The summed E-state index contributed by atoms with van der Waals surface area (Å²) in [6, 6.07) is 7.43. The molecule has 1 atom stereocenters. The van der Waals surface area contributed by atoms with Crippen molar-refractivity contribution in [3.63, 3.8) is 0 Å². The Labute approximate surface area is 163 Å². The Morgan fingerprint density at radius 1 is 1.12 bits per heavy atom. The summed E-state index contributed by atoms with van der Waals surface area (Å²) in [5.41, 5.74) is 0.839. The number of benzene rings is 1. The predicted molar refractivity (Wildman–Crippen MR) is 105 cm³/mol. The first kappa shape index (κ1) is 18.0. The molecule has 1 aromatic rings. The number of hydrogen-bond donors (Lipinski definition) is 2. The van der Waals surface area contributed by atoms with Gasteiger partial charge in [-0.1, -0.05) is 12.1 Å². The van der Waals surface area contributed by atoms with Crippen molar-refractivity contribution in [2.75, 3.05) is 6.54 Å². The van der Waals surface area contributed by atoms with E-state index < -0.39 is 0 Å². The normalized spacial score (nSPS) is 32.9. The van der Waals surface area contributed by atoms with Crippen molar-refractivity contribution in [3.05, 3.63) is 34.3 Å². The summed E-state index contributed by atoms with van der Waals surface area (Å²) < 4.78 is 0.736. The van der Waals surface area contributed by atoms with Gasteiger partial charge < -0.3 is 10.6 Å². The zero-order valence-corrected chi connectivity index (χ0v) is 16.8. The topological polar surface area (TPSA) is 58.2 Å². The van der Waals surface area contributed by atoms with Gasteiger partial charge in [0.2, 0.25) is 5.91 Å². The number of halogens is 1. The van der Waals surface area contributed by atoms with E-state index >= 15 is 0 Å². The molecule has 4 bridgehead atoms. The van der Waals surface area contributed by atoms with Gasteiger partial charge in [0, 0.05) is 10.5 Å². The predicted octanol–water partition coefficient (Wildman–Crippen LogP) is 3.90. The first-order chi connectivity index (χ1) is 12.4. The fraction of sp³-hybridized carbons (Fsp3) is 0.619. The number of nitrogens with one attached hydrogen (secondary N) is 2. The average Bonchev–Trinajstić information content (AvgIpc) is 2.59. The van der Waals surface area contributed by atoms with Gasteiger partial charge in [-0.3, -0.25) is 9.59 Å². The van der Waals surface area contributed by atoms with Gasteiger partial charge in [-0.15, -0.1) is 0 Å². The Morgan fingerprint density at radius 3 is 2.27 bits per heavy atom. The van der Waals surface area contributed by atoms with Gasteiger partial charge in [-0.2, -0.15) is 0 Å². The van der Waals surface area contributed by atoms with Crippen molar-refractivity contribution in [3.8, 4) is 0 Å². The maximum atomic E-state index is 12.4. The van der Waals surface area contributed by atoms with Crippen LogP contribution in [0, 0.1) is 23.2 Å². The van der Waals surface area contributed by atoms with Crippen LogP contribution in [0.15, 0.2) is 28.7 Å². The Bertz CT molecular complexity index is 682. The van der Waals surface area contributed by atoms with Crippen LogP contribution >= 0.6 is 15.9 Å². The third-order valence-corrected chi connectivity index (χ3v) is 7.60. The second-order valence-electron chi connectivity index (χ2n) is 8.73. The molecule has 2 N–H and O–H groups in total. The number of hydrogen-bond acceptors (Lipinski definition) is 2. The number of carbonyl (C=O) groups is 2. The molecule has 0 aromatic heterocycles. The zero-order chi connectivity index (χ0) is 18.3. The van der Waals surface area contributed by atoms with Gasteiger partial charge in [0.05, 0.1) is 12.1 Å². The van der Waals surface area contributed by atoms with Crippen LogP contribution in [-0.2, 0) is 4.79 Å². The minimum atomic E-state index is -0.227. The fourth-order valence-corrected chi connectivity index (χ4v) is 6.52. The first-order valence-electron chi connectivity index (χ1n) is 9.77. The Morgan fingerprint density at radius 2 is 1.69 bits per heavy atom. The van der Waals surface area contributed by atoms with E-state index in [1.54, 1.807) is 6.07 Å². The van der Waals surface area contributed by atoms with E-state index in [-0.39, 0.29) is 29.8 Å². The molecule has 140 valence electrons. The van der Waals surface area contributed by atoms with Crippen molar-refractivity contribution in [2.45, 2.75) is 51.5 Å². The summed E-state index contributed by atoms with van der Waals surface area (Å²) in [5, 5.41) is 5.93. The van der Waals surface area contributed by atoms with E-state index in [0.717, 1.165) is 22.2 Å². The van der Waals surface area contributed by atoms with E-state index in [4.69, 9.17) is 0 Å². The third-order valence-electron chi connectivity index (χ3n) is 6.91. The van der Waals surface area contributed by atoms with Gasteiger partial charge in [-0.25, -0.2) is 0 Å². The largest absolute Gasteiger partial charge is 0.352 e. The van der Waals surface area contributed by atoms with Crippen LogP contribution in [-0.4, -0.2) is 24.4 Å². The third kappa shape index (κ3) is 3.42. The van der Waals surface area contributed by atoms with Gasteiger partial charge in [0.25, 0.3) is 5.91 Å². The molecule has 0 heterocycles. The number of rotatable bonds is 5. The molecule has 4 aliphatic carbocycles. The summed E-state index contributed by atoms with van der Waals surface area (Å²) >= 11 is 3.37. The molecular weight excluding hydrogens is 392 g/mol. The van der Waals surface area contributed by atoms with Crippen molar-refractivity contribution in [1.82, 2.24) is 10.6 Å². The second-order valence-corrected chi connectivity index (χ2v) is 9.59. The summed E-state index contributed by atoms with van der Waals surface area (Å²) in [4.78, 5) is 24.7. The highest BCUT2D eigenvalue weighted by molar-refractivity contribution is 9.10. The van der Waals surface area contributed by atoms with Crippen molar-refractivity contribution in [1.29, 1.82) is 0 Å². The van der Waals surface area contributed by atoms with Crippen LogP contribution in [0.4, 0.5) is 0 Å². The van der Waals surface area contributed by atoms with Crippen LogP contribution in [0.5, 0.6) is 0 Å². The van der Waals surface area contributed by atoms with Gasteiger partial charge in [0.15, 0.2) is 0 Å². The first-order valence-corrected chi connectivity index (χ1v) is 10.6. The van der Waals surface area contributed by atoms with Crippen molar-refractivity contribution < 1.29 is 9.59 Å². The number of amides is 2. The Hall–Kier alpha value is -1.36. The molecule has 0 aliphatic heterocycles. The fourth-order valence-electron chi connectivity index (χ4n) is 6.05. The number of carbonyl (C=O) groups excluding carboxylic acids is 2. The van der Waals surface area contributed by atoms with Crippen LogP contribution < -0.4 is 10.6 Å². The van der Waals surface area contributed by atoms with Gasteiger partial charge in [0.1, 0.15) is 0 Å². The molecule has 0 unspecified atom stereocenters. The molecule has 4 nitrogen and oxygen atoms in total. The molecule has 1 aromatic carbocycles. The Balaban J connectivity index is 1.32. The summed E-state index contributed by atoms with van der Waals surface area (Å²) in [7, 11) is 0. The lowest BCUT2D eigenvalue weighted by Crippen LogP contribution is -2.56. The second kappa shape index (κ2) is 6.99. The van der Waals surface area contributed by atoms with Crippen molar-refractivity contribution in [2.24, 2.45) is 23.2 Å². The lowest BCUT2D eigenvalue weighted by Gasteiger charge is -2.59. The van der Waals surface area contributed by atoms with Crippen LogP contribution in [0.1, 0.15) is 55.8 Å². The smallest absolute Gasteiger partial charge is 0.252 e. The van der Waals surface area contributed by atoms with Crippen LogP contribution in [0.3, 0.4) is 0 Å². The van der Waals surface area contributed by atoms with E-state index in [0.29, 0.717) is 5.56 Å². The van der Waals surface area contributed by atoms with E-state index in [1.807, 2.05) is 18.2 Å². The highest BCUT2D eigenvalue weighted by atomic mass is 79.9. The lowest BCUT2D eigenvalue weighted by molar-refractivity contribution is -0.124. The summed E-state index contributed by atoms with van der Waals surface area (Å²) in [6.07, 6.45) is 8.02. The van der Waals surface area contributed by atoms with E-state index in [1.165, 1.54) is 38.5 Å². The molecule has 2 amide bonds. The molecule has 0 saturated heterocycles. The molecule has 4 saturated carbocycles. The molecule has 0 spiro atoms. The van der Waals surface area contributed by atoms with Crippen molar-refractivity contribution >= 4 is 27.7 Å². The molecule has 0 radical (unpaired) electrons. The summed E-state index contributed by atoms with van der Waals surface area (Å²) in [6.45, 7) is 2.19. The maximum Gasteiger partial charge on any atom is 0.252 e. The van der Waals surface area contributed by atoms with E-state index in [9.17, 15) is 9.59 Å². The highest BCUT2D eigenvalue weighted by Crippen LogP contribution is 2.61. The SMILES string of the molecule is C[C@@H](NC(=O)CNC(=O)c1ccccc1Br)C12CC3CC(CC(C3)C1)C2. The zero-order valence-electron chi connectivity index (χ0n) is 15.3. The molecular formula is C21H27BrN2O2. The molecule has 5 rings (SSSR count). The molecule has 5 heteroatoms. The minimum Gasteiger partial charge on any atom is -0.352 e. The van der Waals surface area contributed by atoms with E-state index in [2.05, 4.69) is 33.5 Å². The Kier molecular flexibility index (Phi) is 4.84. The monoisotopic (exact) mass is 418 g/mol. The van der Waals surface area contributed by atoms with Crippen LogP contribution in [0.2, 0.25) is 0 Å². The molecule has 4 fully saturated rings. The summed E-state index contributed by atoms with van der Waals surface area (Å²) in [5.74, 6) is 2.30. The lowest BCUT2D eigenvalue weighted by atomic mass is 9.48.